The van der Waals surface area contributed by atoms with Crippen LogP contribution in [0.15, 0.2) is 23.2 Å². The number of hydrogen-bond acceptors (Lipinski definition) is 4. The van der Waals surface area contributed by atoms with Gasteiger partial charge < -0.3 is 9.47 Å². The molecule has 4 nitrogen and oxygen atoms in total. The van der Waals surface area contributed by atoms with Gasteiger partial charge in [-0.15, -0.1) is 0 Å². The van der Waals surface area contributed by atoms with E-state index in [0.717, 1.165) is 5.56 Å². The number of carbonyl (C=O) groups excluding carboxylic acids is 1. The molecule has 0 bridgehead atoms. The highest BCUT2D eigenvalue weighted by atomic mass is 19.1. The molecule has 0 radical (unpaired) electrons. The standard InChI is InChI=1S/C14H16FNO3/c1-18-13-3-2-11(15)8-12(13)14(9-16-10-17)4-6-19-7-5-14/h2-3,8H,4-7,9H2,1H3. The van der Waals surface area contributed by atoms with Crippen molar-refractivity contribution in [2.24, 2.45) is 4.99 Å². The van der Waals surface area contributed by atoms with Gasteiger partial charge >= 0.3 is 0 Å². The van der Waals surface area contributed by atoms with Crippen LogP contribution in [0.5, 0.6) is 5.75 Å². The molecule has 1 heterocycles. The summed E-state index contributed by atoms with van der Waals surface area (Å²) >= 11 is 0. The predicted molar refractivity (Wildman–Crippen MR) is 67.7 cm³/mol. The SMILES string of the molecule is COc1ccc(F)cc1C1(CN=C=O)CCOCC1. The third-order valence-electron chi connectivity index (χ3n) is 3.63. The molecule has 1 saturated heterocycles. The lowest BCUT2D eigenvalue weighted by atomic mass is 9.73. The summed E-state index contributed by atoms with van der Waals surface area (Å²) in [6, 6.07) is 4.43. The van der Waals surface area contributed by atoms with Crippen LogP contribution in [0, 0.1) is 5.82 Å². The van der Waals surface area contributed by atoms with Crippen molar-refractivity contribution in [2.45, 2.75) is 18.3 Å². The number of isocyanates is 1. The maximum atomic E-state index is 13.5. The second-order valence-electron chi connectivity index (χ2n) is 4.64. The van der Waals surface area contributed by atoms with Gasteiger partial charge in [-0.05, 0) is 31.0 Å². The van der Waals surface area contributed by atoms with Crippen molar-refractivity contribution >= 4 is 6.08 Å². The lowest BCUT2D eigenvalue weighted by molar-refractivity contribution is 0.0522. The van der Waals surface area contributed by atoms with Gasteiger partial charge in [0.25, 0.3) is 0 Å². The molecule has 1 aliphatic rings. The number of aliphatic imine (C=N–C) groups is 1. The van der Waals surface area contributed by atoms with Crippen molar-refractivity contribution in [3.05, 3.63) is 29.6 Å². The van der Waals surface area contributed by atoms with E-state index in [2.05, 4.69) is 4.99 Å². The fourth-order valence-electron chi connectivity index (χ4n) is 2.55. The minimum absolute atomic E-state index is 0.277. The maximum Gasteiger partial charge on any atom is 0.234 e. The average molecular weight is 265 g/mol. The van der Waals surface area contributed by atoms with Crippen molar-refractivity contribution in [3.8, 4) is 5.75 Å². The minimum Gasteiger partial charge on any atom is -0.496 e. The molecule has 19 heavy (non-hydrogen) atoms. The van der Waals surface area contributed by atoms with Gasteiger partial charge in [-0.2, -0.15) is 0 Å². The fraction of sp³-hybridized carbons (Fsp3) is 0.500. The molecule has 2 rings (SSSR count). The van der Waals surface area contributed by atoms with E-state index in [4.69, 9.17) is 9.47 Å². The first-order valence-corrected chi connectivity index (χ1v) is 6.17. The van der Waals surface area contributed by atoms with Crippen LogP contribution in [-0.4, -0.2) is 32.9 Å². The largest absolute Gasteiger partial charge is 0.496 e. The van der Waals surface area contributed by atoms with Gasteiger partial charge in [0.15, 0.2) is 0 Å². The molecule has 5 heteroatoms. The first kappa shape index (κ1) is 13.7. The van der Waals surface area contributed by atoms with E-state index >= 15 is 0 Å². The Balaban J connectivity index is 2.47. The summed E-state index contributed by atoms with van der Waals surface area (Å²) in [5.41, 5.74) is 0.334. The Morgan fingerprint density at radius 3 is 2.84 bits per heavy atom. The molecule has 0 saturated carbocycles. The van der Waals surface area contributed by atoms with Gasteiger partial charge in [-0.1, -0.05) is 0 Å². The number of nitrogens with zero attached hydrogens (tertiary/aromatic N) is 1. The van der Waals surface area contributed by atoms with Crippen LogP contribution < -0.4 is 4.74 Å². The Morgan fingerprint density at radius 1 is 1.47 bits per heavy atom. The Bertz CT molecular complexity index is 491. The molecule has 0 spiro atoms. The quantitative estimate of drug-likeness (QED) is 0.619. The lowest BCUT2D eigenvalue weighted by Crippen LogP contribution is -2.37. The topological polar surface area (TPSA) is 47.9 Å². The van der Waals surface area contributed by atoms with Gasteiger partial charge in [-0.25, -0.2) is 14.2 Å². The summed E-state index contributed by atoms with van der Waals surface area (Å²) in [5, 5.41) is 0. The van der Waals surface area contributed by atoms with E-state index in [1.165, 1.54) is 12.1 Å². The molecule has 1 aromatic rings. The summed E-state index contributed by atoms with van der Waals surface area (Å²) < 4.78 is 24.2. The molecule has 1 fully saturated rings. The van der Waals surface area contributed by atoms with Crippen molar-refractivity contribution in [1.82, 2.24) is 0 Å². The van der Waals surface area contributed by atoms with Crippen molar-refractivity contribution in [2.75, 3.05) is 26.9 Å². The smallest absolute Gasteiger partial charge is 0.234 e. The maximum absolute atomic E-state index is 13.5. The molecule has 1 aliphatic heterocycles. The zero-order valence-corrected chi connectivity index (χ0v) is 10.8. The predicted octanol–water partition coefficient (Wildman–Crippen LogP) is 2.22. The van der Waals surface area contributed by atoms with Crippen LogP contribution in [0.1, 0.15) is 18.4 Å². The van der Waals surface area contributed by atoms with E-state index in [1.54, 1.807) is 19.3 Å². The van der Waals surface area contributed by atoms with Gasteiger partial charge in [0, 0.05) is 24.2 Å². The van der Waals surface area contributed by atoms with Crippen molar-refractivity contribution in [1.29, 1.82) is 0 Å². The number of ether oxygens (including phenoxy) is 2. The van der Waals surface area contributed by atoms with Crippen LogP contribution in [0.3, 0.4) is 0 Å². The molecule has 1 aromatic carbocycles. The number of halogens is 1. The van der Waals surface area contributed by atoms with Crippen LogP contribution in [-0.2, 0) is 14.9 Å². The summed E-state index contributed by atoms with van der Waals surface area (Å²) in [4.78, 5) is 14.1. The molecule has 0 aliphatic carbocycles. The van der Waals surface area contributed by atoms with Crippen LogP contribution in [0.2, 0.25) is 0 Å². The summed E-state index contributed by atoms with van der Waals surface area (Å²) in [7, 11) is 1.55. The van der Waals surface area contributed by atoms with Crippen molar-refractivity contribution in [3.63, 3.8) is 0 Å². The molecular weight excluding hydrogens is 249 g/mol. The minimum atomic E-state index is -0.414. The van der Waals surface area contributed by atoms with Crippen molar-refractivity contribution < 1.29 is 18.7 Å². The first-order chi connectivity index (χ1) is 9.22. The number of rotatable bonds is 4. The number of benzene rings is 1. The van der Waals surface area contributed by atoms with Gasteiger partial charge in [0.1, 0.15) is 11.6 Å². The normalized spacial score (nSPS) is 17.6. The Labute approximate surface area is 111 Å². The van der Waals surface area contributed by atoms with Gasteiger partial charge in [-0.3, -0.25) is 0 Å². The lowest BCUT2D eigenvalue weighted by Gasteiger charge is -2.36. The Hall–Kier alpha value is -1.71. The number of hydrogen-bond donors (Lipinski definition) is 0. The third kappa shape index (κ3) is 2.83. The van der Waals surface area contributed by atoms with E-state index in [1.807, 2.05) is 0 Å². The third-order valence-corrected chi connectivity index (χ3v) is 3.63. The Morgan fingerprint density at radius 2 is 2.21 bits per heavy atom. The monoisotopic (exact) mass is 265 g/mol. The first-order valence-electron chi connectivity index (χ1n) is 6.17. The molecule has 0 aromatic heterocycles. The summed E-state index contributed by atoms with van der Waals surface area (Å²) in [5.74, 6) is 0.293. The molecule has 0 unspecified atom stereocenters. The fourth-order valence-corrected chi connectivity index (χ4v) is 2.55. The molecule has 102 valence electrons. The van der Waals surface area contributed by atoms with Gasteiger partial charge in [0.05, 0.1) is 13.7 Å². The van der Waals surface area contributed by atoms with E-state index < -0.39 is 5.41 Å². The Kier molecular flexibility index (Phi) is 4.30. The molecular formula is C14H16FNO3. The molecule has 0 N–H and O–H groups in total. The highest BCUT2D eigenvalue weighted by Crippen LogP contribution is 2.40. The zero-order valence-electron chi connectivity index (χ0n) is 10.8. The van der Waals surface area contributed by atoms with Crippen LogP contribution in [0.25, 0.3) is 0 Å². The summed E-state index contributed by atoms with van der Waals surface area (Å²) in [6.45, 7) is 1.40. The highest BCUT2D eigenvalue weighted by molar-refractivity contribution is 5.42. The molecule has 0 amide bonds. The van der Waals surface area contributed by atoms with Gasteiger partial charge in [0.2, 0.25) is 6.08 Å². The van der Waals surface area contributed by atoms with Crippen LogP contribution >= 0.6 is 0 Å². The number of methoxy groups -OCH3 is 1. The van der Waals surface area contributed by atoms with Crippen LogP contribution in [0.4, 0.5) is 4.39 Å². The van der Waals surface area contributed by atoms with E-state index in [0.29, 0.717) is 31.8 Å². The molecule has 0 atom stereocenters. The second kappa shape index (κ2) is 5.95. The van der Waals surface area contributed by atoms with E-state index in [-0.39, 0.29) is 12.4 Å². The highest BCUT2D eigenvalue weighted by Gasteiger charge is 2.37. The average Bonchev–Trinajstić information content (AvgIpc) is 2.46. The van der Waals surface area contributed by atoms with E-state index in [9.17, 15) is 9.18 Å². The summed E-state index contributed by atoms with van der Waals surface area (Å²) in [6.07, 6.45) is 2.92. The second-order valence-corrected chi connectivity index (χ2v) is 4.64. The zero-order chi connectivity index (χ0) is 13.7.